The molecule has 1 aliphatic heterocycles. The third-order valence-electron chi connectivity index (χ3n) is 5.58. The van der Waals surface area contributed by atoms with Gasteiger partial charge in [-0.3, -0.25) is 4.79 Å². The van der Waals surface area contributed by atoms with Gasteiger partial charge in [-0.2, -0.15) is 0 Å². The van der Waals surface area contributed by atoms with E-state index in [-0.39, 0.29) is 5.91 Å². The average molecular weight is 396 g/mol. The van der Waals surface area contributed by atoms with Crippen molar-refractivity contribution in [2.24, 2.45) is 0 Å². The van der Waals surface area contributed by atoms with E-state index in [1.165, 1.54) is 19.3 Å². The summed E-state index contributed by atoms with van der Waals surface area (Å²) in [4.78, 5) is 15.4. The standard InChI is InChI=1S/C23H29N3O3/c1-17-13-20-22(29-17)15-21(23(27)24-9-12-25-10-4-3-5-11-25)26(20)16-18-7-6-8-19(14-18)28-2/h6-8,13-15H,3-5,9-12,16H2,1-2H3,(H,24,27). The van der Waals surface area contributed by atoms with Crippen LogP contribution in [0.3, 0.4) is 0 Å². The number of aryl methyl sites for hydroxylation is 1. The van der Waals surface area contributed by atoms with Gasteiger partial charge in [-0.05, 0) is 50.6 Å². The molecule has 6 nitrogen and oxygen atoms in total. The van der Waals surface area contributed by atoms with Crippen molar-refractivity contribution in [3.63, 3.8) is 0 Å². The molecule has 1 fully saturated rings. The molecule has 0 aliphatic carbocycles. The first-order valence-corrected chi connectivity index (χ1v) is 10.4. The predicted molar refractivity (Wildman–Crippen MR) is 114 cm³/mol. The number of methoxy groups -OCH3 is 1. The molecule has 29 heavy (non-hydrogen) atoms. The smallest absolute Gasteiger partial charge is 0.268 e. The van der Waals surface area contributed by atoms with Crippen LogP contribution in [0.4, 0.5) is 0 Å². The van der Waals surface area contributed by atoms with E-state index in [0.29, 0.717) is 18.8 Å². The number of carbonyl (C=O) groups is 1. The normalized spacial score (nSPS) is 15.0. The van der Waals surface area contributed by atoms with Crippen LogP contribution < -0.4 is 10.1 Å². The Morgan fingerprint density at radius 3 is 2.79 bits per heavy atom. The number of nitrogens with one attached hydrogen (secondary N) is 1. The number of hydrogen-bond acceptors (Lipinski definition) is 4. The molecular weight excluding hydrogens is 366 g/mol. The molecule has 0 spiro atoms. The monoisotopic (exact) mass is 395 g/mol. The van der Waals surface area contributed by atoms with E-state index in [1.807, 2.05) is 47.9 Å². The fourth-order valence-electron chi connectivity index (χ4n) is 4.08. The van der Waals surface area contributed by atoms with E-state index in [4.69, 9.17) is 9.15 Å². The zero-order valence-corrected chi connectivity index (χ0v) is 17.2. The largest absolute Gasteiger partial charge is 0.497 e. The lowest BCUT2D eigenvalue weighted by Crippen LogP contribution is -2.38. The van der Waals surface area contributed by atoms with Crippen molar-refractivity contribution in [2.75, 3.05) is 33.3 Å². The SMILES string of the molecule is COc1cccc(Cn2c(C(=O)NCCN3CCCCC3)cc3oc(C)cc32)c1. The van der Waals surface area contributed by atoms with Gasteiger partial charge in [-0.25, -0.2) is 0 Å². The Morgan fingerprint density at radius 1 is 1.17 bits per heavy atom. The Bertz CT molecular complexity index is 983. The predicted octanol–water partition coefficient (Wildman–Crippen LogP) is 3.82. The number of hydrogen-bond donors (Lipinski definition) is 1. The van der Waals surface area contributed by atoms with E-state index in [0.717, 1.165) is 47.8 Å². The summed E-state index contributed by atoms with van der Waals surface area (Å²) in [5, 5.41) is 3.09. The number of carbonyl (C=O) groups excluding carboxylic acids is 1. The van der Waals surface area contributed by atoms with Gasteiger partial charge >= 0.3 is 0 Å². The minimum absolute atomic E-state index is 0.0611. The molecule has 1 amide bonds. The van der Waals surface area contributed by atoms with Crippen LogP contribution >= 0.6 is 0 Å². The summed E-state index contributed by atoms with van der Waals surface area (Å²) in [7, 11) is 1.66. The number of fused-ring (bicyclic) bond motifs is 1. The van der Waals surface area contributed by atoms with Crippen molar-refractivity contribution in [1.82, 2.24) is 14.8 Å². The third-order valence-corrected chi connectivity index (χ3v) is 5.58. The number of amides is 1. The second kappa shape index (κ2) is 8.74. The number of likely N-dealkylation sites (tertiary alicyclic amines) is 1. The number of rotatable bonds is 7. The van der Waals surface area contributed by atoms with Crippen LogP contribution in [0.1, 0.15) is 41.1 Å². The Morgan fingerprint density at radius 2 is 2.00 bits per heavy atom. The molecule has 154 valence electrons. The zero-order valence-electron chi connectivity index (χ0n) is 17.2. The molecule has 3 aromatic rings. The molecule has 0 unspecified atom stereocenters. The highest BCUT2D eigenvalue weighted by Gasteiger charge is 2.19. The minimum atomic E-state index is -0.0611. The summed E-state index contributed by atoms with van der Waals surface area (Å²) in [6.07, 6.45) is 3.83. The molecule has 1 aromatic carbocycles. The first kappa shape index (κ1) is 19.6. The van der Waals surface area contributed by atoms with Crippen LogP contribution in [-0.4, -0.2) is 48.7 Å². The van der Waals surface area contributed by atoms with Crippen molar-refractivity contribution in [3.8, 4) is 5.75 Å². The van der Waals surface area contributed by atoms with E-state index < -0.39 is 0 Å². The highest BCUT2D eigenvalue weighted by atomic mass is 16.5. The van der Waals surface area contributed by atoms with Gasteiger partial charge < -0.3 is 23.9 Å². The Balaban J connectivity index is 1.52. The average Bonchev–Trinajstić information content (AvgIpc) is 3.26. The number of nitrogens with zero attached hydrogens (tertiary/aromatic N) is 2. The Hall–Kier alpha value is -2.73. The quantitative estimate of drug-likeness (QED) is 0.661. The number of ether oxygens (including phenoxy) is 1. The van der Waals surface area contributed by atoms with Crippen LogP contribution in [0.2, 0.25) is 0 Å². The molecule has 1 saturated heterocycles. The Kier molecular flexibility index (Phi) is 5.90. The topological polar surface area (TPSA) is 59.6 Å². The highest BCUT2D eigenvalue weighted by molar-refractivity contribution is 5.97. The van der Waals surface area contributed by atoms with Crippen LogP contribution in [0, 0.1) is 6.92 Å². The lowest BCUT2D eigenvalue weighted by Gasteiger charge is -2.26. The van der Waals surface area contributed by atoms with E-state index >= 15 is 0 Å². The molecule has 4 rings (SSSR count). The van der Waals surface area contributed by atoms with E-state index in [1.54, 1.807) is 7.11 Å². The number of aromatic nitrogens is 1. The first-order valence-electron chi connectivity index (χ1n) is 10.4. The van der Waals surface area contributed by atoms with Crippen molar-refractivity contribution in [2.45, 2.75) is 32.7 Å². The summed E-state index contributed by atoms with van der Waals surface area (Å²) in [6.45, 7) is 6.33. The van der Waals surface area contributed by atoms with Crippen LogP contribution in [0.15, 0.2) is 40.8 Å². The zero-order chi connectivity index (χ0) is 20.2. The highest BCUT2D eigenvalue weighted by Crippen LogP contribution is 2.25. The lowest BCUT2D eigenvalue weighted by molar-refractivity contribution is 0.0938. The summed E-state index contributed by atoms with van der Waals surface area (Å²) < 4.78 is 13.2. The van der Waals surface area contributed by atoms with Gasteiger partial charge in [0, 0.05) is 31.8 Å². The second-order valence-corrected chi connectivity index (χ2v) is 7.73. The molecule has 0 saturated carbocycles. The summed E-state index contributed by atoms with van der Waals surface area (Å²) in [5.74, 6) is 1.59. The number of benzene rings is 1. The van der Waals surface area contributed by atoms with Gasteiger partial charge in [0.05, 0.1) is 12.6 Å². The maximum absolute atomic E-state index is 13.0. The molecule has 0 atom stereocenters. The van der Waals surface area contributed by atoms with Gasteiger partial charge in [-0.15, -0.1) is 0 Å². The van der Waals surface area contributed by atoms with Gasteiger partial charge in [0.15, 0.2) is 5.58 Å². The molecule has 1 N–H and O–H groups in total. The second-order valence-electron chi connectivity index (χ2n) is 7.73. The molecule has 3 heterocycles. The van der Waals surface area contributed by atoms with Crippen LogP contribution in [-0.2, 0) is 6.54 Å². The number of furan rings is 1. The van der Waals surface area contributed by atoms with Gasteiger partial charge in [0.1, 0.15) is 17.2 Å². The molecule has 1 aliphatic rings. The molecule has 2 aromatic heterocycles. The van der Waals surface area contributed by atoms with Crippen LogP contribution in [0.5, 0.6) is 5.75 Å². The summed E-state index contributed by atoms with van der Waals surface area (Å²) >= 11 is 0. The van der Waals surface area contributed by atoms with E-state index in [2.05, 4.69) is 10.2 Å². The fraction of sp³-hybridized carbons (Fsp3) is 0.435. The van der Waals surface area contributed by atoms with Crippen molar-refractivity contribution < 1.29 is 13.9 Å². The lowest BCUT2D eigenvalue weighted by atomic mass is 10.1. The maximum Gasteiger partial charge on any atom is 0.268 e. The van der Waals surface area contributed by atoms with E-state index in [9.17, 15) is 4.79 Å². The first-order chi connectivity index (χ1) is 14.1. The molecule has 0 bridgehead atoms. The fourth-order valence-corrected chi connectivity index (χ4v) is 4.08. The molecule has 0 radical (unpaired) electrons. The molecule has 6 heteroatoms. The van der Waals surface area contributed by atoms with Gasteiger partial charge in [0.25, 0.3) is 5.91 Å². The van der Waals surface area contributed by atoms with Crippen molar-refractivity contribution in [1.29, 1.82) is 0 Å². The van der Waals surface area contributed by atoms with Crippen molar-refractivity contribution >= 4 is 17.0 Å². The van der Waals surface area contributed by atoms with Crippen LogP contribution in [0.25, 0.3) is 11.1 Å². The Labute approximate surface area is 171 Å². The molecular formula is C23H29N3O3. The summed E-state index contributed by atoms with van der Waals surface area (Å²) in [6, 6.07) is 11.8. The van der Waals surface area contributed by atoms with Gasteiger partial charge in [0.2, 0.25) is 0 Å². The van der Waals surface area contributed by atoms with Gasteiger partial charge in [-0.1, -0.05) is 18.6 Å². The van der Waals surface area contributed by atoms with Crippen molar-refractivity contribution in [3.05, 3.63) is 53.4 Å². The number of piperidine rings is 1. The maximum atomic E-state index is 13.0. The minimum Gasteiger partial charge on any atom is -0.497 e. The summed E-state index contributed by atoms with van der Waals surface area (Å²) in [5.41, 5.74) is 3.38. The third kappa shape index (κ3) is 4.48.